The molecule has 0 amide bonds. The third-order valence-electron chi connectivity index (χ3n) is 6.16. The van der Waals surface area contributed by atoms with Gasteiger partial charge in [0.25, 0.3) is 0 Å². The normalized spacial score (nSPS) is 29.8. The van der Waals surface area contributed by atoms with Crippen LogP contribution in [0.15, 0.2) is 47.6 Å². The van der Waals surface area contributed by atoms with Crippen molar-refractivity contribution in [3.8, 4) is 0 Å². The quantitative estimate of drug-likeness (QED) is 0.844. The number of nitrogens with zero attached hydrogens (tertiary/aromatic N) is 2. The molecule has 0 aliphatic carbocycles. The third kappa shape index (κ3) is 3.56. The highest BCUT2D eigenvalue weighted by Gasteiger charge is 2.51. The Morgan fingerprint density at radius 3 is 2.78 bits per heavy atom. The Morgan fingerprint density at radius 1 is 1.22 bits per heavy atom. The van der Waals surface area contributed by atoms with Gasteiger partial charge in [-0.25, -0.2) is 8.42 Å². The number of H-pyrrole nitrogens is 1. The summed E-state index contributed by atoms with van der Waals surface area (Å²) in [5.41, 5.74) is 0.868. The van der Waals surface area contributed by atoms with E-state index in [2.05, 4.69) is 46.7 Å². The van der Waals surface area contributed by atoms with E-state index in [1.54, 1.807) is 4.31 Å². The van der Waals surface area contributed by atoms with Crippen molar-refractivity contribution in [3.63, 3.8) is 0 Å². The molecule has 27 heavy (non-hydrogen) atoms. The second-order valence-corrected chi connectivity index (χ2v) is 9.89. The molecule has 3 atom stereocenters. The first kappa shape index (κ1) is 18.7. The predicted octanol–water partition coefficient (Wildman–Crippen LogP) is 2.71. The molecule has 2 saturated heterocycles. The van der Waals surface area contributed by atoms with Crippen molar-refractivity contribution >= 4 is 10.0 Å². The molecule has 2 aliphatic heterocycles. The average Bonchev–Trinajstić information content (AvgIpc) is 3.26. The Hall–Kier alpha value is -1.70. The number of hydrogen-bond acceptors (Lipinski definition) is 4. The molecule has 0 unspecified atom stereocenters. The van der Waals surface area contributed by atoms with E-state index in [1.807, 2.05) is 6.07 Å². The summed E-state index contributed by atoms with van der Waals surface area (Å²) in [5, 5.41) is 10.3. The van der Waals surface area contributed by atoms with Gasteiger partial charge in [-0.15, -0.1) is 0 Å². The minimum absolute atomic E-state index is 0.174. The summed E-state index contributed by atoms with van der Waals surface area (Å²) >= 11 is 0. The van der Waals surface area contributed by atoms with Crippen LogP contribution < -0.4 is 5.32 Å². The molecule has 0 bridgehead atoms. The molecule has 1 aromatic heterocycles. The Morgan fingerprint density at radius 2 is 2.04 bits per heavy atom. The van der Waals surface area contributed by atoms with Crippen LogP contribution in [0.5, 0.6) is 0 Å². The molecule has 3 heterocycles. The number of benzene rings is 1. The summed E-state index contributed by atoms with van der Waals surface area (Å²) in [7, 11) is -3.57. The summed E-state index contributed by atoms with van der Waals surface area (Å²) in [4.78, 5) is 0.259. The van der Waals surface area contributed by atoms with Gasteiger partial charge < -0.3 is 5.32 Å². The Kier molecular flexibility index (Phi) is 5.09. The molecule has 4 rings (SSSR count). The zero-order valence-corrected chi connectivity index (χ0v) is 16.6. The van der Waals surface area contributed by atoms with Crippen LogP contribution in [-0.4, -0.2) is 47.1 Å². The molecule has 2 N–H and O–H groups in total. The molecule has 2 aromatic rings. The van der Waals surface area contributed by atoms with Crippen molar-refractivity contribution in [2.24, 2.45) is 0 Å². The van der Waals surface area contributed by atoms with Crippen molar-refractivity contribution in [1.82, 2.24) is 19.8 Å². The minimum Gasteiger partial charge on any atom is -0.309 e. The van der Waals surface area contributed by atoms with Gasteiger partial charge in [0.2, 0.25) is 10.0 Å². The monoisotopic (exact) mass is 388 g/mol. The Labute approximate surface area is 161 Å². The number of aromatic amines is 1. The molecular weight excluding hydrogens is 360 g/mol. The van der Waals surface area contributed by atoms with E-state index in [-0.39, 0.29) is 17.0 Å². The van der Waals surface area contributed by atoms with E-state index >= 15 is 0 Å². The smallest absolute Gasteiger partial charge is 0.246 e. The fourth-order valence-corrected chi connectivity index (χ4v) is 6.56. The van der Waals surface area contributed by atoms with Gasteiger partial charge in [-0.2, -0.15) is 9.40 Å². The first-order valence-corrected chi connectivity index (χ1v) is 11.3. The maximum atomic E-state index is 13.4. The lowest BCUT2D eigenvalue weighted by Crippen LogP contribution is -2.57. The lowest BCUT2D eigenvalue weighted by Gasteiger charge is -2.42. The largest absolute Gasteiger partial charge is 0.309 e. The highest BCUT2D eigenvalue weighted by Crippen LogP contribution is 2.40. The molecule has 1 aromatic carbocycles. The van der Waals surface area contributed by atoms with Crippen molar-refractivity contribution < 1.29 is 8.42 Å². The van der Waals surface area contributed by atoms with Gasteiger partial charge >= 0.3 is 0 Å². The molecule has 146 valence electrons. The zero-order chi connectivity index (χ0) is 18.9. The van der Waals surface area contributed by atoms with Crippen LogP contribution >= 0.6 is 0 Å². The Balaban J connectivity index is 1.64. The first-order valence-electron chi connectivity index (χ1n) is 9.82. The SMILES string of the molecule is C[C@]12C[C@@H](Cc3ccccc3)N[C@H]1CCCCCN2S(=O)(=O)c1cn[nH]c1. The number of rotatable bonds is 4. The van der Waals surface area contributed by atoms with E-state index in [1.165, 1.54) is 18.0 Å². The maximum absolute atomic E-state index is 13.4. The van der Waals surface area contributed by atoms with Crippen LogP contribution in [0, 0.1) is 0 Å². The van der Waals surface area contributed by atoms with Gasteiger partial charge in [0.1, 0.15) is 4.90 Å². The van der Waals surface area contributed by atoms with Crippen molar-refractivity contribution in [3.05, 3.63) is 48.3 Å². The van der Waals surface area contributed by atoms with Gasteiger partial charge in [-0.1, -0.05) is 43.2 Å². The first-order chi connectivity index (χ1) is 13.0. The molecule has 2 aliphatic rings. The minimum atomic E-state index is -3.57. The number of hydrogen-bond donors (Lipinski definition) is 2. The van der Waals surface area contributed by atoms with Gasteiger partial charge in [0.05, 0.1) is 11.7 Å². The van der Waals surface area contributed by atoms with E-state index in [0.29, 0.717) is 6.54 Å². The number of aromatic nitrogens is 2. The fraction of sp³-hybridized carbons (Fsp3) is 0.550. The summed E-state index contributed by atoms with van der Waals surface area (Å²) in [6, 6.07) is 10.9. The summed E-state index contributed by atoms with van der Waals surface area (Å²) in [5.74, 6) is 0. The topological polar surface area (TPSA) is 78.1 Å². The molecule has 2 fully saturated rings. The molecule has 6 nitrogen and oxygen atoms in total. The standard InChI is InChI=1S/C20H28N4O2S/c1-20-13-17(12-16-8-4-2-5-9-16)23-19(20)10-6-3-7-11-24(20)27(25,26)18-14-21-22-15-18/h2,4-5,8-9,14-15,17,19,23H,3,6-7,10-13H2,1H3,(H,21,22)/t17-,19+,20+/m1/s1. The van der Waals surface area contributed by atoms with Crippen LogP contribution in [0.4, 0.5) is 0 Å². The van der Waals surface area contributed by atoms with Crippen LogP contribution in [0.1, 0.15) is 44.6 Å². The lowest BCUT2D eigenvalue weighted by atomic mass is 9.86. The van der Waals surface area contributed by atoms with Crippen molar-refractivity contribution in [2.75, 3.05) is 6.54 Å². The predicted molar refractivity (Wildman–Crippen MR) is 105 cm³/mol. The van der Waals surface area contributed by atoms with Gasteiger partial charge in [0, 0.05) is 24.8 Å². The summed E-state index contributed by atoms with van der Waals surface area (Å²) in [6.07, 6.45) is 8.77. The second-order valence-electron chi connectivity index (χ2n) is 8.03. The highest BCUT2D eigenvalue weighted by molar-refractivity contribution is 7.89. The molecule has 7 heteroatoms. The fourth-order valence-electron chi connectivity index (χ4n) is 4.80. The highest BCUT2D eigenvalue weighted by atomic mass is 32.2. The maximum Gasteiger partial charge on any atom is 0.246 e. The van der Waals surface area contributed by atoms with Crippen molar-refractivity contribution in [1.29, 1.82) is 0 Å². The van der Waals surface area contributed by atoms with Crippen LogP contribution in [-0.2, 0) is 16.4 Å². The average molecular weight is 389 g/mol. The second kappa shape index (κ2) is 7.37. The Bertz CT molecular complexity index is 853. The van der Waals surface area contributed by atoms with Gasteiger partial charge in [0.15, 0.2) is 0 Å². The zero-order valence-electron chi connectivity index (χ0n) is 15.8. The van der Waals surface area contributed by atoms with Crippen LogP contribution in [0.2, 0.25) is 0 Å². The molecule has 0 spiro atoms. The van der Waals surface area contributed by atoms with E-state index in [0.717, 1.165) is 38.5 Å². The number of fused-ring (bicyclic) bond motifs is 1. The van der Waals surface area contributed by atoms with Crippen LogP contribution in [0.3, 0.4) is 0 Å². The van der Waals surface area contributed by atoms with E-state index in [9.17, 15) is 8.42 Å². The lowest BCUT2D eigenvalue weighted by molar-refractivity contribution is 0.160. The number of sulfonamides is 1. The molecular formula is C20H28N4O2S. The summed E-state index contributed by atoms with van der Waals surface area (Å²) < 4.78 is 28.5. The molecule has 0 saturated carbocycles. The summed E-state index contributed by atoms with van der Waals surface area (Å²) in [6.45, 7) is 2.69. The van der Waals surface area contributed by atoms with Crippen LogP contribution in [0.25, 0.3) is 0 Å². The molecule has 0 radical (unpaired) electrons. The van der Waals surface area contributed by atoms with Gasteiger partial charge in [-0.3, -0.25) is 5.10 Å². The third-order valence-corrected chi connectivity index (χ3v) is 8.16. The van der Waals surface area contributed by atoms with Gasteiger partial charge in [-0.05, 0) is 38.2 Å². The van der Waals surface area contributed by atoms with E-state index in [4.69, 9.17) is 0 Å². The number of nitrogens with one attached hydrogen (secondary N) is 2. The van der Waals surface area contributed by atoms with Crippen molar-refractivity contribution in [2.45, 2.75) is 68.0 Å². The van der Waals surface area contributed by atoms with E-state index < -0.39 is 15.6 Å².